The Morgan fingerprint density at radius 2 is 2.00 bits per heavy atom. The van der Waals surface area contributed by atoms with Gasteiger partial charge in [0.05, 0.1) is 0 Å². The Bertz CT molecular complexity index is 312. The van der Waals surface area contributed by atoms with E-state index in [1.54, 1.807) is 6.20 Å². The van der Waals surface area contributed by atoms with Crippen molar-refractivity contribution in [2.75, 3.05) is 0 Å². The fourth-order valence-corrected chi connectivity index (χ4v) is 1.93. The highest BCUT2D eigenvalue weighted by Crippen LogP contribution is 2.17. The average molecular weight is 271 g/mol. The Balaban J connectivity index is 2.62. The molecule has 0 saturated heterocycles. The molecule has 1 aromatic heterocycles. The molecule has 1 heterocycles. The summed E-state index contributed by atoms with van der Waals surface area (Å²) in [6, 6.07) is 2.29. The number of pyridine rings is 1. The second kappa shape index (κ2) is 5.61. The van der Waals surface area contributed by atoms with Crippen LogP contribution in [-0.2, 0) is 6.42 Å². The highest BCUT2D eigenvalue weighted by Gasteiger charge is 2.16. The van der Waals surface area contributed by atoms with Crippen molar-refractivity contribution >= 4 is 15.9 Å². The van der Waals surface area contributed by atoms with Crippen molar-refractivity contribution < 1.29 is 0 Å². The molecule has 0 spiro atoms. The lowest BCUT2D eigenvalue weighted by Gasteiger charge is -2.23. The van der Waals surface area contributed by atoms with Gasteiger partial charge in [0.2, 0.25) is 0 Å². The van der Waals surface area contributed by atoms with Crippen LogP contribution >= 0.6 is 15.9 Å². The number of halogens is 1. The van der Waals surface area contributed by atoms with E-state index in [9.17, 15) is 0 Å². The molecular weight excluding hydrogens is 252 g/mol. The lowest BCUT2D eigenvalue weighted by atomic mass is 9.87. The third-order valence-corrected chi connectivity index (χ3v) is 3.39. The summed E-state index contributed by atoms with van der Waals surface area (Å²) in [5.74, 6) is 1.16. The van der Waals surface area contributed by atoms with Crippen LogP contribution in [0.15, 0.2) is 22.9 Å². The molecule has 0 aromatic carbocycles. The Hall–Kier alpha value is -0.410. The molecule has 2 nitrogen and oxygen atoms in total. The van der Waals surface area contributed by atoms with Crippen LogP contribution in [0.3, 0.4) is 0 Å². The fourth-order valence-electron chi connectivity index (χ4n) is 1.52. The summed E-state index contributed by atoms with van der Waals surface area (Å²) in [6.07, 6.45) is 4.57. The zero-order valence-electron chi connectivity index (χ0n) is 9.57. The summed E-state index contributed by atoms with van der Waals surface area (Å²) in [7, 11) is 0. The number of hydrogen-bond acceptors (Lipinski definition) is 2. The summed E-state index contributed by atoms with van der Waals surface area (Å²) in [5, 5.41) is 0. The number of nitrogens with two attached hydrogens (primary N) is 1. The summed E-state index contributed by atoms with van der Waals surface area (Å²) < 4.78 is 1.02. The molecule has 15 heavy (non-hydrogen) atoms. The van der Waals surface area contributed by atoms with Crippen LogP contribution in [0.5, 0.6) is 0 Å². The highest BCUT2D eigenvalue weighted by molar-refractivity contribution is 9.10. The first-order valence-corrected chi connectivity index (χ1v) is 6.15. The number of hydrogen-bond donors (Lipinski definition) is 1. The number of nitrogens with zero attached hydrogens (tertiary/aromatic N) is 1. The molecule has 0 aliphatic carbocycles. The number of aromatic nitrogens is 1. The Morgan fingerprint density at radius 1 is 1.33 bits per heavy atom. The minimum absolute atomic E-state index is 0.209. The van der Waals surface area contributed by atoms with Crippen LogP contribution in [0.2, 0.25) is 0 Å². The van der Waals surface area contributed by atoms with Gasteiger partial charge in [-0.25, -0.2) is 0 Å². The Morgan fingerprint density at radius 3 is 2.53 bits per heavy atom. The normalized spacial score (nSPS) is 15.3. The van der Waals surface area contributed by atoms with Crippen molar-refractivity contribution in [2.45, 2.75) is 33.2 Å². The SMILES string of the molecule is CC(C)C(C)C(N)Cc1cncc(Br)c1. The molecule has 84 valence electrons. The van der Waals surface area contributed by atoms with Crippen molar-refractivity contribution in [3.8, 4) is 0 Å². The van der Waals surface area contributed by atoms with Crippen molar-refractivity contribution in [1.29, 1.82) is 0 Å². The summed E-state index contributed by atoms with van der Waals surface area (Å²) in [4.78, 5) is 4.14. The van der Waals surface area contributed by atoms with Crippen molar-refractivity contribution in [3.63, 3.8) is 0 Å². The molecule has 0 aliphatic heterocycles. The number of rotatable bonds is 4. The lowest BCUT2D eigenvalue weighted by molar-refractivity contribution is 0.344. The van der Waals surface area contributed by atoms with E-state index in [0.29, 0.717) is 11.8 Å². The second-order valence-corrected chi connectivity index (χ2v) is 5.40. The second-order valence-electron chi connectivity index (χ2n) is 4.48. The van der Waals surface area contributed by atoms with Crippen LogP contribution in [0.25, 0.3) is 0 Å². The van der Waals surface area contributed by atoms with Crippen molar-refractivity contribution in [3.05, 3.63) is 28.5 Å². The van der Waals surface area contributed by atoms with E-state index in [1.807, 2.05) is 6.20 Å². The largest absolute Gasteiger partial charge is 0.327 e. The smallest absolute Gasteiger partial charge is 0.0410 e. The van der Waals surface area contributed by atoms with Crippen LogP contribution in [0.4, 0.5) is 0 Å². The average Bonchev–Trinajstić information content (AvgIpc) is 2.16. The molecule has 2 N–H and O–H groups in total. The first kappa shape index (κ1) is 12.7. The zero-order chi connectivity index (χ0) is 11.4. The quantitative estimate of drug-likeness (QED) is 0.914. The maximum atomic E-state index is 6.16. The van der Waals surface area contributed by atoms with Gasteiger partial charge in [-0.1, -0.05) is 20.8 Å². The van der Waals surface area contributed by atoms with Gasteiger partial charge in [0, 0.05) is 22.9 Å². The molecule has 0 aliphatic rings. The van der Waals surface area contributed by atoms with E-state index in [0.717, 1.165) is 10.9 Å². The highest BCUT2D eigenvalue weighted by atomic mass is 79.9. The molecule has 0 bridgehead atoms. The molecule has 0 amide bonds. The van der Waals surface area contributed by atoms with Gasteiger partial charge in [-0.05, 0) is 45.8 Å². The third kappa shape index (κ3) is 3.92. The fraction of sp³-hybridized carbons (Fsp3) is 0.583. The third-order valence-electron chi connectivity index (χ3n) is 2.96. The van der Waals surface area contributed by atoms with E-state index in [4.69, 9.17) is 5.73 Å². The van der Waals surface area contributed by atoms with Gasteiger partial charge in [-0.15, -0.1) is 0 Å². The van der Waals surface area contributed by atoms with E-state index < -0.39 is 0 Å². The Kier molecular flexibility index (Phi) is 4.74. The molecule has 1 rings (SSSR count). The molecule has 0 fully saturated rings. The van der Waals surface area contributed by atoms with Gasteiger partial charge >= 0.3 is 0 Å². The minimum Gasteiger partial charge on any atom is -0.327 e. The van der Waals surface area contributed by atoms with Crippen LogP contribution < -0.4 is 5.73 Å². The minimum atomic E-state index is 0.209. The first-order valence-electron chi connectivity index (χ1n) is 5.35. The standard InChI is InChI=1S/C12H19BrN2/c1-8(2)9(3)12(14)5-10-4-11(13)7-15-6-10/h4,6-9,12H,5,14H2,1-3H3. The van der Waals surface area contributed by atoms with Crippen LogP contribution in [0.1, 0.15) is 26.3 Å². The van der Waals surface area contributed by atoms with Gasteiger partial charge in [0.1, 0.15) is 0 Å². The Labute approximate surface area is 100 Å². The van der Waals surface area contributed by atoms with Crippen LogP contribution in [0, 0.1) is 11.8 Å². The molecule has 2 unspecified atom stereocenters. The van der Waals surface area contributed by atoms with E-state index >= 15 is 0 Å². The van der Waals surface area contributed by atoms with Crippen LogP contribution in [-0.4, -0.2) is 11.0 Å². The lowest BCUT2D eigenvalue weighted by Crippen LogP contribution is -2.33. The zero-order valence-corrected chi connectivity index (χ0v) is 11.2. The first-order chi connectivity index (χ1) is 7.00. The molecule has 3 heteroatoms. The van der Waals surface area contributed by atoms with Crippen molar-refractivity contribution in [2.24, 2.45) is 17.6 Å². The van der Waals surface area contributed by atoms with Gasteiger partial charge in [0.25, 0.3) is 0 Å². The monoisotopic (exact) mass is 270 g/mol. The summed E-state index contributed by atoms with van der Waals surface area (Å²) >= 11 is 3.41. The molecule has 0 radical (unpaired) electrons. The molecule has 0 saturated carbocycles. The summed E-state index contributed by atoms with van der Waals surface area (Å²) in [5.41, 5.74) is 7.36. The van der Waals surface area contributed by atoms with Gasteiger partial charge in [0.15, 0.2) is 0 Å². The van der Waals surface area contributed by atoms with E-state index in [2.05, 4.69) is 47.8 Å². The molecule has 2 atom stereocenters. The maximum absolute atomic E-state index is 6.16. The van der Waals surface area contributed by atoms with Gasteiger partial charge in [-0.2, -0.15) is 0 Å². The predicted octanol–water partition coefficient (Wildman–Crippen LogP) is 3.01. The van der Waals surface area contributed by atoms with E-state index in [1.165, 1.54) is 5.56 Å². The molecular formula is C12H19BrN2. The predicted molar refractivity (Wildman–Crippen MR) is 67.6 cm³/mol. The van der Waals surface area contributed by atoms with Gasteiger partial charge in [-0.3, -0.25) is 4.98 Å². The summed E-state index contributed by atoms with van der Waals surface area (Å²) in [6.45, 7) is 6.63. The topological polar surface area (TPSA) is 38.9 Å². The maximum Gasteiger partial charge on any atom is 0.0410 e. The van der Waals surface area contributed by atoms with Crippen molar-refractivity contribution in [1.82, 2.24) is 4.98 Å². The van der Waals surface area contributed by atoms with Gasteiger partial charge < -0.3 is 5.73 Å². The van der Waals surface area contributed by atoms with E-state index in [-0.39, 0.29) is 6.04 Å². The molecule has 1 aromatic rings.